The Morgan fingerprint density at radius 1 is 1.25 bits per heavy atom. The van der Waals surface area contributed by atoms with Crippen molar-refractivity contribution in [2.45, 2.75) is 0 Å². The maximum Gasteiger partial charge on any atom is 0.493 e. The van der Waals surface area contributed by atoms with Crippen molar-refractivity contribution in [3.8, 4) is 0 Å². The number of carbonyl (C=O) groups excluding carboxylic acids is 1. The fourth-order valence-electron chi connectivity index (χ4n) is 1.62. The fourth-order valence-corrected chi connectivity index (χ4v) is 1.62. The number of hydrogen-bond donors (Lipinski definition) is 1. The quantitative estimate of drug-likeness (QED) is 0.554. The lowest BCUT2D eigenvalue weighted by Gasteiger charge is -2.18. The van der Waals surface area contributed by atoms with Crippen LogP contribution in [0.2, 0.25) is 0 Å². The van der Waals surface area contributed by atoms with E-state index in [1.54, 1.807) is 12.1 Å². The Morgan fingerprint density at radius 2 is 2.00 bits per heavy atom. The van der Waals surface area contributed by atoms with Crippen molar-refractivity contribution in [1.29, 1.82) is 0 Å². The molecule has 0 aromatic heterocycles. The summed E-state index contributed by atoms with van der Waals surface area (Å²) < 4.78 is 11.1. The molecule has 1 fully saturated rings. The highest BCUT2D eigenvalue weighted by Gasteiger charge is 2.22. The van der Waals surface area contributed by atoms with Crippen LogP contribution in [0.5, 0.6) is 0 Å². The van der Waals surface area contributed by atoms with Crippen LogP contribution in [-0.2, 0) is 9.31 Å². The van der Waals surface area contributed by atoms with Gasteiger partial charge in [-0.1, -0.05) is 24.3 Å². The zero-order chi connectivity index (χ0) is 11.2. The van der Waals surface area contributed by atoms with Crippen LogP contribution < -0.4 is 10.8 Å². The molecule has 1 aliphatic rings. The highest BCUT2D eigenvalue weighted by atomic mass is 16.6. The Kier molecular flexibility index (Phi) is 4.10. The van der Waals surface area contributed by atoms with Gasteiger partial charge in [0.1, 0.15) is 6.29 Å². The average Bonchev–Trinajstić information content (AvgIpc) is 2.29. The van der Waals surface area contributed by atoms with Gasteiger partial charge in [0.2, 0.25) is 0 Å². The molecule has 16 heavy (non-hydrogen) atoms. The van der Waals surface area contributed by atoms with Gasteiger partial charge in [-0.3, -0.25) is 4.79 Å². The van der Waals surface area contributed by atoms with Crippen LogP contribution in [0.4, 0.5) is 0 Å². The molecule has 0 saturated carbocycles. The molecule has 1 saturated heterocycles. The van der Waals surface area contributed by atoms with E-state index in [2.05, 4.69) is 5.32 Å². The lowest BCUT2D eigenvalue weighted by molar-refractivity contribution is 0.112. The smallest absolute Gasteiger partial charge is 0.406 e. The zero-order valence-corrected chi connectivity index (χ0v) is 9.02. The summed E-state index contributed by atoms with van der Waals surface area (Å²) >= 11 is 0. The van der Waals surface area contributed by atoms with E-state index < -0.39 is 0 Å². The van der Waals surface area contributed by atoms with E-state index in [1.165, 1.54) is 0 Å². The van der Waals surface area contributed by atoms with Crippen molar-refractivity contribution < 1.29 is 14.1 Å². The van der Waals surface area contributed by atoms with Gasteiger partial charge in [-0.05, 0) is 5.46 Å². The molecule has 1 aliphatic heterocycles. The fraction of sp³-hybridized carbons (Fsp3) is 0.364. The molecule has 1 aromatic rings. The minimum atomic E-state index is -0.359. The van der Waals surface area contributed by atoms with Crippen LogP contribution >= 0.6 is 0 Å². The second-order valence-corrected chi connectivity index (χ2v) is 3.61. The molecule has 2 rings (SSSR count). The van der Waals surface area contributed by atoms with Crippen molar-refractivity contribution in [3.05, 3.63) is 29.8 Å². The zero-order valence-electron chi connectivity index (χ0n) is 9.02. The van der Waals surface area contributed by atoms with Gasteiger partial charge in [-0.25, -0.2) is 0 Å². The monoisotopic (exact) mass is 219 g/mol. The van der Waals surface area contributed by atoms with Crippen LogP contribution in [-0.4, -0.2) is 39.7 Å². The first-order valence-corrected chi connectivity index (χ1v) is 5.39. The molecule has 0 unspecified atom stereocenters. The third-order valence-electron chi connectivity index (χ3n) is 2.42. The minimum Gasteiger partial charge on any atom is -0.406 e. The summed E-state index contributed by atoms with van der Waals surface area (Å²) in [6, 6.07) is 7.31. The first-order valence-electron chi connectivity index (χ1n) is 5.39. The molecule has 5 heteroatoms. The molecule has 0 spiro atoms. The van der Waals surface area contributed by atoms with Crippen molar-refractivity contribution >= 4 is 18.9 Å². The van der Waals surface area contributed by atoms with Crippen molar-refractivity contribution in [1.82, 2.24) is 5.32 Å². The summed E-state index contributed by atoms with van der Waals surface area (Å²) in [5, 5.41) is 3.18. The van der Waals surface area contributed by atoms with Crippen LogP contribution in [0.25, 0.3) is 0 Å². The molecule has 0 bridgehead atoms. The van der Waals surface area contributed by atoms with Gasteiger partial charge in [0.15, 0.2) is 0 Å². The predicted molar refractivity (Wildman–Crippen MR) is 62.0 cm³/mol. The lowest BCUT2D eigenvalue weighted by atomic mass is 9.78. The third kappa shape index (κ3) is 2.91. The molecule has 4 nitrogen and oxygen atoms in total. The molecule has 0 radical (unpaired) electrons. The topological polar surface area (TPSA) is 47.6 Å². The molecule has 1 aromatic carbocycles. The molecule has 0 amide bonds. The van der Waals surface area contributed by atoms with Gasteiger partial charge in [0.25, 0.3) is 0 Å². The summed E-state index contributed by atoms with van der Waals surface area (Å²) in [5.41, 5.74) is 1.54. The van der Waals surface area contributed by atoms with E-state index in [9.17, 15) is 4.79 Å². The molecule has 1 N–H and O–H groups in total. The second kappa shape index (κ2) is 5.79. The van der Waals surface area contributed by atoms with Crippen molar-refractivity contribution in [2.75, 3.05) is 26.3 Å². The molecular formula is C11H14BNO3. The highest BCUT2D eigenvalue weighted by molar-refractivity contribution is 6.61. The Bertz CT molecular complexity index is 351. The Morgan fingerprint density at radius 3 is 2.69 bits per heavy atom. The van der Waals surface area contributed by atoms with Gasteiger partial charge in [-0.2, -0.15) is 0 Å². The molecule has 84 valence electrons. The summed E-state index contributed by atoms with van der Waals surface area (Å²) in [4.78, 5) is 10.7. The van der Waals surface area contributed by atoms with Crippen molar-refractivity contribution in [2.24, 2.45) is 0 Å². The summed E-state index contributed by atoms with van der Waals surface area (Å²) in [6.45, 7) is 2.87. The Hall–Kier alpha value is -1.17. The van der Waals surface area contributed by atoms with E-state index in [4.69, 9.17) is 9.31 Å². The van der Waals surface area contributed by atoms with Gasteiger partial charge < -0.3 is 14.6 Å². The van der Waals surface area contributed by atoms with Gasteiger partial charge in [-0.15, -0.1) is 0 Å². The van der Waals surface area contributed by atoms with Gasteiger partial charge in [0.05, 0.1) is 0 Å². The third-order valence-corrected chi connectivity index (χ3v) is 2.42. The van der Waals surface area contributed by atoms with E-state index in [0.717, 1.165) is 24.8 Å². The number of aldehydes is 1. The molecule has 0 atom stereocenters. The van der Waals surface area contributed by atoms with E-state index >= 15 is 0 Å². The molecule has 1 heterocycles. The molecular weight excluding hydrogens is 205 g/mol. The number of nitrogens with one attached hydrogen (secondary N) is 1. The Balaban J connectivity index is 2.10. The van der Waals surface area contributed by atoms with Crippen molar-refractivity contribution in [3.63, 3.8) is 0 Å². The van der Waals surface area contributed by atoms with Crippen LogP contribution in [0.1, 0.15) is 10.4 Å². The second-order valence-electron chi connectivity index (χ2n) is 3.61. The molecule has 0 aliphatic carbocycles. The summed E-state index contributed by atoms with van der Waals surface area (Å²) in [6.07, 6.45) is 0.827. The maximum atomic E-state index is 10.7. The first kappa shape index (κ1) is 11.3. The van der Waals surface area contributed by atoms with E-state index in [-0.39, 0.29) is 7.12 Å². The predicted octanol–water partition coefficient (Wildman–Crippen LogP) is -0.169. The number of rotatable bonds is 2. The van der Waals surface area contributed by atoms with Gasteiger partial charge >= 0.3 is 7.12 Å². The number of benzene rings is 1. The first-order chi connectivity index (χ1) is 7.90. The summed E-state index contributed by atoms with van der Waals surface area (Å²) in [7, 11) is -0.359. The number of carbonyl (C=O) groups is 1. The minimum absolute atomic E-state index is 0.359. The van der Waals surface area contributed by atoms with Gasteiger partial charge in [0, 0.05) is 31.9 Å². The van der Waals surface area contributed by atoms with E-state index in [1.807, 2.05) is 12.1 Å². The van der Waals surface area contributed by atoms with Crippen LogP contribution in [0, 0.1) is 0 Å². The summed E-state index contributed by atoms with van der Waals surface area (Å²) in [5.74, 6) is 0. The van der Waals surface area contributed by atoms with Crippen LogP contribution in [0.3, 0.4) is 0 Å². The van der Waals surface area contributed by atoms with Crippen LogP contribution in [0.15, 0.2) is 24.3 Å². The highest BCUT2D eigenvalue weighted by Crippen LogP contribution is 1.98. The SMILES string of the molecule is O=Cc1cccc(B2OCCNCCO2)c1. The number of hydrogen-bond acceptors (Lipinski definition) is 4. The largest absolute Gasteiger partial charge is 0.493 e. The maximum absolute atomic E-state index is 10.7. The lowest BCUT2D eigenvalue weighted by Crippen LogP contribution is -2.43. The normalized spacial score (nSPS) is 17.6. The standard InChI is InChI=1S/C11H14BNO3/c14-9-10-2-1-3-11(8-10)12-15-6-4-13-5-7-16-12/h1-3,8-9,13H,4-7H2. The van der Waals surface area contributed by atoms with E-state index in [0.29, 0.717) is 18.8 Å². The Labute approximate surface area is 95.1 Å². The average molecular weight is 219 g/mol.